The van der Waals surface area contributed by atoms with Crippen LogP contribution in [0.25, 0.3) is 11.1 Å². The lowest BCUT2D eigenvalue weighted by Gasteiger charge is -2.15. The highest BCUT2D eigenvalue weighted by atomic mass is 16.5. The molecule has 2 N–H and O–H groups in total. The van der Waals surface area contributed by atoms with Crippen LogP contribution in [-0.2, 0) is 11.2 Å². The lowest BCUT2D eigenvalue weighted by Crippen LogP contribution is -2.25. The molecule has 6 nitrogen and oxygen atoms in total. The van der Waals surface area contributed by atoms with Gasteiger partial charge in [0.1, 0.15) is 5.75 Å². The van der Waals surface area contributed by atoms with Crippen molar-refractivity contribution in [3.05, 3.63) is 89.0 Å². The number of hydrogen-bond donors (Lipinski definition) is 2. The van der Waals surface area contributed by atoms with Crippen molar-refractivity contribution in [1.82, 2.24) is 5.32 Å². The number of aryl methyl sites for hydroxylation is 1. The van der Waals surface area contributed by atoms with Crippen LogP contribution in [0.1, 0.15) is 71.4 Å². The third-order valence-electron chi connectivity index (χ3n) is 6.34. The number of aliphatic carboxylic acids is 1. The molecule has 3 rings (SSSR count). The lowest BCUT2D eigenvalue weighted by atomic mass is 9.96. The first-order valence-electron chi connectivity index (χ1n) is 12.7. The zero-order valence-electron chi connectivity index (χ0n) is 21.7. The van der Waals surface area contributed by atoms with E-state index in [9.17, 15) is 14.4 Å². The molecule has 1 amide bonds. The van der Waals surface area contributed by atoms with Crippen LogP contribution in [0, 0.1) is 5.92 Å². The van der Waals surface area contributed by atoms with Crippen LogP contribution in [0.4, 0.5) is 0 Å². The summed E-state index contributed by atoms with van der Waals surface area (Å²) in [7, 11) is 0. The van der Waals surface area contributed by atoms with E-state index in [0.29, 0.717) is 35.3 Å². The fourth-order valence-electron chi connectivity index (χ4n) is 3.98. The molecule has 0 fully saturated rings. The molecule has 0 aliphatic rings. The standard InChI is InChI=1S/C31H35NO5/c1-21(2)24-10-12-25(13-11-24)29-15-14-28(18-27(29)19-33)37-20-22(3)4-5-23-6-8-26(9-7-23)31(36)32-17-16-30(34)35/h6-15,18-19,21-22H,4-5,16-17,20H2,1-3H3,(H,32,36)(H,34,35). The molecule has 0 saturated heterocycles. The molecular formula is C31H35NO5. The molecule has 0 bridgehead atoms. The molecule has 0 radical (unpaired) electrons. The summed E-state index contributed by atoms with van der Waals surface area (Å²) in [6, 6.07) is 21.3. The van der Waals surface area contributed by atoms with E-state index in [4.69, 9.17) is 9.84 Å². The highest BCUT2D eigenvalue weighted by molar-refractivity contribution is 5.94. The molecule has 0 aliphatic heterocycles. The molecule has 1 unspecified atom stereocenters. The van der Waals surface area contributed by atoms with Gasteiger partial charge in [-0.2, -0.15) is 0 Å². The summed E-state index contributed by atoms with van der Waals surface area (Å²) in [6.45, 7) is 7.07. The Morgan fingerprint density at radius 1 is 0.973 bits per heavy atom. The number of carbonyl (C=O) groups is 3. The minimum absolute atomic E-state index is 0.101. The summed E-state index contributed by atoms with van der Waals surface area (Å²) in [5.74, 6) is 0.210. The third kappa shape index (κ3) is 8.31. The average Bonchev–Trinajstić information content (AvgIpc) is 2.90. The zero-order chi connectivity index (χ0) is 26.8. The van der Waals surface area contributed by atoms with E-state index in [1.54, 1.807) is 18.2 Å². The van der Waals surface area contributed by atoms with Crippen molar-refractivity contribution >= 4 is 18.2 Å². The highest BCUT2D eigenvalue weighted by Gasteiger charge is 2.11. The highest BCUT2D eigenvalue weighted by Crippen LogP contribution is 2.28. The van der Waals surface area contributed by atoms with Gasteiger partial charge in [-0.1, -0.05) is 57.2 Å². The van der Waals surface area contributed by atoms with Crippen molar-refractivity contribution in [3.63, 3.8) is 0 Å². The predicted molar refractivity (Wildman–Crippen MR) is 145 cm³/mol. The molecule has 0 spiro atoms. The van der Waals surface area contributed by atoms with Gasteiger partial charge in [0.2, 0.25) is 0 Å². The van der Waals surface area contributed by atoms with Gasteiger partial charge in [-0.3, -0.25) is 14.4 Å². The van der Waals surface area contributed by atoms with E-state index in [1.807, 2.05) is 24.3 Å². The molecule has 37 heavy (non-hydrogen) atoms. The minimum atomic E-state index is -0.942. The summed E-state index contributed by atoms with van der Waals surface area (Å²) in [6.07, 6.45) is 2.52. The van der Waals surface area contributed by atoms with Gasteiger partial charge < -0.3 is 15.2 Å². The number of ether oxygens (including phenoxy) is 1. The third-order valence-corrected chi connectivity index (χ3v) is 6.34. The van der Waals surface area contributed by atoms with Gasteiger partial charge >= 0.3 is 5.97 Å². The molecule has 6 heteroatoms. The van der Waals surface area contributed by atoms with Crippen molar-refractivity contribution in [1.29, 1.82) is 0 Å². The Morgan fingerprint density at radius 3 is 2.30 bits per heavy atom. The summed E-state index contributed by atoms with van der Waals surface area (Å²) < 4.78 is 5.99. The number of carbonyl (C=O) groups excluding carboxylic acids is 2. The van der Waals surface area contributed by atoms with Crippen molar-refractivity contribution < 1.29 is 24.2 Å². The zero-order valence-corrected chi connectivity index (χ0v) is 21.7. The van der Waals surface area contributed by atoms with Crippen LogP contribution in [0.5, 0.6) is 5.75 Å². The molecule has 194 valence electrons. The Kier molecular flexibility index (Phi) is 10.0. The Labute approximate surface area is 218 Å². The number of carboxylic acids is 1. The molecule has 0 saturated carbocycles. The Bertz CT molecular complexity index is 1200. The maximum absolute atomic E-state index is 12.1. The SMILES string of the molecule is CC(CCc1ccc(C(=O)NCCC(=O)O)cc1)COc1ccc(-c2ccc(C(C)C)cc2)c(C=O)c1. The second kappa shape index (κ2) is 13.4. The molecular weight excluding hydrogens is 466 g/mol. The maximum atomic E-state index is 12.1. The fraction of sp³-hybridized carbons (Fsp3) is 0.323. The van der Waals surface area contributed by atoms with E-state index in [1.165, 1.54) is 5.56 Å². The normalized spacial score (nSPS) is 11.7. The number of hydrogen-bond acceptors (Lipinski definition) is 4. The summed E-state index contributed by atoms with van der Waals surface area (Å²) in [5, 5.41) is 11.3. The van der Waals surface area contributed by atoms with E-state index in [2.05, 4.69) is 50.4 Å². The fourth-order valence-corrected chi connectivity index (χ4v) is 3.98. The first-order valence-corrected chi connectivity index (χ1v) is 12.7. The van der Waals surface area contributed by atoms with Gasteiger partial charge in [-0.25, -0.2) is 0 Å². The monoisotopic (exact) mass is 501 g/mol. The Hall–Kier alpha value is -3.93. The van der Waals surface area contributed by atoms with Crippen molar-refractivity contribution in [2.75, 3.05) is 13.2 Å². The Balaban J connectivity index is 1.49. The number of rotatable bonds is 13. The van der Waals surface area contributed by atoms with E-state index in [0.717, 1.165) is 35.8 Å². The molecule has 0 heterocycles. The van der Waals surface area contributed by atoms with Gasteiger partial charge in [-0.05, 0) is 77.3 Å². The number of nitrogens with one attached hydrogen (secondary N) is 1. The quantitative estimate of drug-likeness (QED) is 0.274. The van der Waals surface area contributed by atoms with E-state index < -0.39 is 5.97 Å². The van der Waals surface area contributed by atoms with Crippen LogP contribution >= 0.6 is 0 Å². The predicted octanol–water partition coefficient (Wildman–Crippen LogP) is 6.14. The summed E-state index contributed by atoms with van der Waals surface area (Å²) in [4.78, 5) is 34.4. The summed E-state index contributed by atoms with van der Waals surface area (Å²) in [5.41, 5.74) is 5.40. The molecule has 1 atom stereocenters. The summed E-state index contributed by atoms with van der Waals surface area (Å²) >= 11 is 0. The second-order valence-corrected chi connectivity index (χ2v) is 9.70. The number of carboxylic acid groups (broad SMARTS) is 1. The van der Waals surface area contributed by atoms with Crippen molar-refractivity contribution in [2.45, 2.75) is 46.0 Å². The van der Waals surface area contributed by atoms with Crippen LogP contribution in [-0.4, -0.2) is 36.4 Å². The van der Waals surface area contributed by atoms with Crippen molar-refractivity contribution in [2.24, 2.45) is 5.92 Å². The van der Waals surface area contributed by atoms with Crippen molar-refractivity contribution in [3.8, 4) is 16.9 Å². The van der Waals surface area contributed by atoms with Crippen LogP contribution in [0.2, 0.25) is 0 Å². The Morgan fingerprint density at radius 2 is 1.68 bits per heavy atom. The van der Waals surface area contributed by atoms with E-state index in [-0.39, 0.29) is 18.9 Å². The maximum Gasteiger partial charge on any atom is 0.305 e. The molecule has 0 aliphatic carbocycles. The van der Waals surface area contributed by atoms with Crippen LogP contribution in [0.15, 0.2) is 66.7 Å². The largest absolute Gasteiger partial charge is 0.493 e. The van der Waals surface area contributed by atoms with E-state index >= 15 is 0 Å². The minimum Gasteiger partial charge on any atom is -0.493 e. The van der Waals surface area contributed by atoms with Gasteiger partial charge in [-0.15, -0.1) is 0 Å². The smallest absolute Gasteiger partial charge is 0.305 e. The first kappa shape index (κ1) is 27.7. The van der Waals surface area contributed by atoms with Crippen LogP contribution < -0.4 is 10.1 Å². The molecule has 0 aromatic heterocycles. The first-order chi connectivity index (χ1) is 17.8. The topological polar surface area (TPSA) is 92.7 Å². The average molecular weight is 502 g/mol. The molecule has 3 aromatic rings. The van der Waals surface area contributed by atoms with Gasteiger partial charge in [0, 0.05) is 17.7 Å². The van der Waals surface area contributed by atoms with Gasteiger partial charge in [0.25, 0.3) is 5.91 Å². The number of aldehydes is 1. The number of amides is 1. The number of benzene rings is 3. The molecule has 3 aromatic carbocycles. The second-order valence-electron chi connectivity index (χ2n) is 9.70. The van der Waals surface area contributed by atoms with Gasteiger partial charge in [0.15, 0.2) is 6.29 Å². The van der Waals surface area contributed by atoms with Crippen LogP contribution in [0.3, 0.4) is 0 Å². The lowest BCUT2D eigenvalue weighted by molar-refractivity contribution is -0.136. The van der Waals surface area contributed by atoms with Gasteiger partial charge in [0.05, 0.1) is 13.0 Å².